The van der Waals surface area contributed by atoms with Crippen molar-refractivity contribution >= 4 is 18.0 Å². The van der Waals surface area contributed by atoms with Crippen LogP contribution >= 0.6 is 0 Å². The molecular weight excluding hydrogens is 396 g/mol. The fraction of sp³-hybridized carbons (Fsp3) is 0.375. The third kappa shape index (κ3) is 4.87. The second kappa shape index (κ2) is 9.64. The zero-order chi connectivity index (χ0) is 22.5. The lowest BCUT2D eigenvalue weighted by Gasteiger charge is -2.24. The number of aliphatic carboxylic acids is 1. The van der Waals surface area contributed by atoms with Crippen molar-refractivity contribution in [3.8, 4) is 11.1 Å². The lowest BCUT2D eigenvalue weighted by molar-refractivity contribution is -0.142. The molecule has 0 spiro atoms. The summed E-state index contributed by atoms with van der Waals surface area (Å²) < 4.78 is 5.50. The van der Waals surface area contributed by atoms with E-state index in [9.17, 15) is 14.4 Å². The molecule has 2 amide bonds. The van der Waals surface area contributed by atoms with Gasteiger partial charge in [-0.1, -0.05) is 69.3 Å². The average Bonchev–Trinajstić information content (AvgIpc) is 3.07. The normalized spacial score (nSPS) is 14.3. The second-order valence-corrected chi connectivity index (χ2v) is 8.00. The standard InChI is InChI=1S/C24H28N2O5/c1-4-20(23(28)29)25-22(27)21(14(2)3)26-24(30)31-13-19-17-11-7-5-9-15(17)16-10-6-8-12-18(16)19/h5-12,14,19-21H,4,13H2,1-3H3,(H,25,27)(H,26,30)(H,28,29). The van der Waals surface area contributed by atoms with Crippen molar-refractivity contribution < 1.29 is 24.2 Å². The maximum Gasteiger partial charge on any atom is 0.407 e. The fourth-order valence-corrected chi connectivity index (χ4v) is 3.90. The number of fused-ring (bicyclic) bond motifs is 3. The van der Waals surface area contributed by atoms with Gasteiger partial charge in [-0.15, -0.1) is 0 Å². The van der Waals surface area contributed by atoms with Crippen LogP contribution in [0.25, 0.3) is 11.1 Å². The van der Waals surface area contributed by atoms with E-state index in [1.807, 2.05) is 36.4 Å². The predicted octanol–water partition coefficient (Wildman–Crippen LogP) is 3.53. The van der Waals surface area contributed by atoms with Crippen LogP contribution in [-0.2, 0) is 14.3 Å². The lowest BCUT2D eigenvalue weighted by atomic mass is 9.98. The molecule has 7 nitrogen and oxygen atoms in total. The van der Waals surface area contributed by atoms with Crippen molar-refractivity contribution in [2.75, 3.05) is 6.61 Å². The maximum absolute atomic E-state index is 12.5. The van der Waals surface area contributed by atoms with Gasteiger partial charge in [0.05, 0.1) is 0 Å². The van der Waals surface area contributed by atoms with E-state index in [1.54, 1.807) is 20.8 Å². The molecular formula is C24H28N2O5. The Morgan fingerprint density at radius 1 is 0.968 bits per heavy atom. The number of carboxylic acid groups (broad SMARTS) is 1. The first-order chi connectivity index (χ1) is 14.8. The summed E-state index contributed by atoms with van der Waals surface area (Å²) in [5.74, 6) is -1.98. The number of hydrogen-bond acceptors (Lipinski definition) is 4. The SMILES string of the molecule is CCC(NC(=O)C(NC(=O)OCC1c2ccccc2-c2ccccc21)C(C)C)C(=O)O. The van der Waals surface area contributed by atoms with E-state index >= 15 is 0 Å². The van der Waals surface area contributed by atoms with Gasteiger partial charge in [-0.2, -0.15) is 0 Å². The molecule has 0 saturated carbocycles. The van der Waals surface area contributed by atoms with Crippen LogP contribution in [0, 0.1) is 5.92 Å². The van der Waals surface area contributed by atoms with E-state index in [0.717, 1.165) is 22.3 Å². The summed E-state index contributed by atoms with van der Waals surface area (Å²) >= 11 is 0. The van der Waals surface area contributed by atoms with Crippen LogP contribution in [0.5, 0.6) is 0 Å². The maximum atomic E-state index is 12.5. The molecule has 2 unspecified atom stereocenters. The second-order valence-electron chi connectivity index (χ2n) is 8.00. The summed E-state index contributed by atoms with van der Waals surface area (Å²) in [6.45, 7) is 5.35. The van der Waals surface area contributed by atoms with E-state index in [-0.39, 0.29) is 24.9 Å². The number of benzene rings is 2. The van der Waals surface area contributed by atoms with Gasteiger partial charge >= 0.3 is 12.1 Å². The number of carbonyl (C=O) groups excluding carboxylic acids is 2. The number of rotatable bonds is 8. The Bertz CT molecular complexity index is 926. The third-order valence-electron chi connectivity index (χ3n) is 5.59. The molecule has 2 aromatic carbocycles. The minimum Gasteiger partial charge on any atom is -0.480 e. The zero-order valence-electron chi connectivity index (χ0n) is 17.9. The van der Waals surface area contributed by atoms with Crippen LogP contribution in [0.15, 0.2) is 48.5 Å². The number of alkyl carbamates (subject to hydrolysis) is 1. The van der Waals surface area contributed by atoms with Crippen molar-refractivity contribution in [2.24, 2.45) is 5.92 Å². The molecule has 3 N–H and O–H groups in total. The number of carbonyl (C=O) groups is 3. The van der Waals surface area contributed by atoms with Crippen molar-refractivity contribution in [2.45, 2.75) is 45.2 Å². The molecule has 7 heteroatoms. The third-order valence-corrected chi connectivity index (χ3v) is 5.59. The van der Waals surface area contributed by atoms with Gasteiger partial charge in [0.15, 0.2) is 0 Å². The van der Waals surface area contributed by atoms with Gasteiger partial charge in [0.1, 0.15) is 18.7 Å². The van der Waals surface area contributed by atoms with Crippen LogP contribution in [-0.4, -0.2) is 41.8 Å². The molecule has 31 heavy (non-hydrogen) atoms. The molecule has 0 aliphatic heterocycles. The van der Waals surface area contributed by atoms with Crippen molar-refractivity contribution in [3.63, 3.8) is 0 Å². The molecule has 1 aliphatic carbocycles. The summed E-state index contributed by atoms with van der Waals surface area (Å²) in [5, 5.41) is 14.2. The number of hydrogen-bond donors (Lipinski definition) is 3. The number of amides is 2. The van der Waals surface area contributed by atoms with Crippen molar-refractivity contribution in [1.29, 1.82) is 0 Å². The van der Waals surface area contributed by atoms with Gasteiger partial charge in [-0.25, -0.2) is 9.59 Å². The minimum atomic E-state index is -1.11. The number of carboxylic acids is 1. The smallest absolute Gasteiger partial charge is 0.407 e. The highest BCUT2D eigenvalue weighted by atomic mass is 16.5. The first kappa shape index (κ1) is 22.3. The van der Waals surface area contributed by atoms with Crippen LogP contribution in [0.3, 0.4) is 0 Å². The molecule has 0 saturated heterocycles. The van der Waals surface area contributed by atoms with E-state index in [0.29, 0.717) is 0 Å². The Morgan fingerprint density at radius 3 is 2.00 bits per heavy atom. The predicted molar refractivity (Wildman–Crippen MR) is 117 cm³/mol. The number of nitrogens with one attached hydrogen (secondary N) is 2. The zero-order valence-corrected chi connectivity index (χ0v) is 17.9. The molecule has 2 atom stereocenters. The largest absolute Gasteiger partial charge is 0.480 e. The summed E-state index contributed by atoms with van der Waals surface area (Å²) in [4.78, 5) is 36.2. The molecule has 0 heterocycles. The van der Waals surface area contributed by atoms with Crippen LogP contribution < -0.4 is 10.6 Å². The quantitative estimate of drug-likeness (QED) is 0.601. The Hall–Kier alpha value is -3.35. The molecule has 0 radical (unpaired) electrons. The fourth-order valence-electron chi connectivity index (χ4n) is 3.90. The average molecular weight is 424 g/mol. The molecule has 164 valence electrons. The van der Waals surface area contributed by atoms with Crippen molar-refractivity contribution in [3.05, 3.63) is 59.7 Å². The van der Waals surface area contributed by atoms with Gasteiger partial charge in [0, 0.05) is 5.92 Å². The topological polar surface area (TPSA) is 105 Å². The Morgan fingerprint density at radius 2 is 1.52 bits per heavy atom. The molecule has 3 rings (SSSR count). The molecule has 0 fully saturated rings. The summed E-state index contributed by atoms with van der Waals surface area (Å²) in [6.07, 6.45) is -0.462. The van der Waals surface area contributed by atoms with Gasteiger partial charge in [-0.05, 0) is 34.6 Å². The van der Waals surface area contributed by atoms with E-state index in [2.05, 4.69) is 22.8 Å². The summed E-state index contributed by atoms with van der Waals surface area (Å²) in [7, 11) is 0. The first-order valence-corrected chi connectivity index (χ1v) is 10.5. The Kier molecular flexibility index (Phi) is 6.95. The van der Waals surface area contributed by atoms with Gasteiger partial charge in [-0.3, -0.25) is 4.79 Å². The highest BCUT2D eigenvalue weighted by molar-refractivity contribution is 5.89. The van der Waals surface area contributed by atoms with Crippen LogP contribution in [0.1, 0.15) is 44.2 Å². The highest BCUT2D eigenvalue weighted by Crippen LogP contribution is 2.44. The van der Waals surface area contributed by atoms with Gasteiger partial charge in [0.2, 0.25) is 5.91 Å². The molecule has 0 aromatic heterocycles. The lowest BCUT2D eigenvalue weighted by Crippen LogP contribution is -2.53. The van der Waals surface area contributed by atoms with E-state index in [1.165, 1.54) is 0 Å². The molecule has 2 aromatic rings. The minimum absolute atomic E-state index is 0.0824. The monoisotopic (exact) mass is 424 g/mol. The highest BCUT2D eigenvalue weighted by Gasteiger charge is 2.31. The van der Waals surface area contributed by atoms with Crippen LogP contribution in [0.2, 0.25) is 0 Å². The molecule has 1 aliphatic rings. The van der Waals surface area contributed by atoms with E-state index < -0.39 is 30.1 Å². The van der Waals surface area contributed by atoms with Gasteiger partial charge < -0.3 is 20.5 Å². The Balaban J connectivity index is 1.66. The Labute approximate surface area is 181 Å². The van der Waals surface area contributed by atoms with Crippen molar-refractivity contribution in [1.82, 2.24) is 10.6 Å². The van der Waals surface area contributed by atoms with Gasteiger partial charge in [0.25, 0.3) is 0 Å². The summed E-state index contributed by atoms with van der Waals surface area (Å²) in [6, 6.07) is 14.2. The van der Waals surface area contributed by atoms with Crippen LogP contribution in [0.4, 0.5) is 4.79 Å². The number of ether oxygens (including phenoxy) is 1. The summed E-state index contributed by atoms with van der Waals surface area (Å²) in [5.41, 5.74) is 4.46. The molecule has 0 bridgehead atoms. The first-order valence-electron chi connectivity index (χ1n) is 10.5. The van der Waals surface area contributed by atoms with E-state index in [4.69, 9.17) is 9.84 Å².